The lowest BCUT2D eigenvalue weighted by Gasteiger charge is -2.34. The van der Waals surface area contributed by atoms with Gasteiger partial charge < -0.3 is 10.2 Å². The van der Waals surface area contributed by atoms with Crippen molar-refractivity contribution >= 4 is 11.4 Å². The van der Waals surface area contributed by atoms with E-state index in [9.17, 15) is 8.78 Å². The highest BCUT2D eigenvalue weighted by Gasteiger charge is 2.21. The topological polar surface area (TPSA) is 15.3 Å². The van der Waals surface area contributed by atoms with Gasteiger partial charge in [-0.25, -0.2) is 8.78 Å². The van der Waals surface area contributed by atoms with E-state index in [1.165, 1.54) is 23.9 Å². The van der Waals surface area contributed by atoms with E-state index in [-0.39, 0.29) is 11.7 Å². The quantitative estimate of drug-likeness (QED) is 0.916. The maximum absolute atomic E-state index is 13.6. The molecule has 0 amide bonds. The number of hydrogen-bond donors (Lipinski definition) is 1. The molecule has 4 heteroatoms. The average Bonchev–Trinajstić information content (AvgIpc) is 2.53. The van der Waals surface area contributed by atoms with Crippen LogP contribution in [0.2, 0.25) is 0 Å². The Morgan fingerprint density at radius 1 is 0.857 bits per heavy atom. The number of rotatable bonds is 3. The van der Waals surface area contributed by atoms with Crippen molar-refractivity contribution in [3.63, 3.8) is 0 Å². The van der Waals surface area contributed by atoms with E-state index in [1.54, 1.807) is 0 Å². The number of para-hydroxylation sites is 2. The van der Waals surface area contributed by atoms with Crippen molar-refractivity contribution in [2.24, 2.45) is 0 Å². The van der Waals surface area contributed by atoms with Gasteiger partial charge in [0.1, 0.15) is 17.3 Å². The zero-order valence-electron chi connectivity index (χ0n) is 11.7. The maximum Gasteiger partial charge on any atom is 0.149 e. The SMILES string of the molecule is Fc1cccc(F)c1NC1CCN(c2ccccc2)CC1. The summed E-state index contributed by atoms with van der Waals surface area (Å²) < 4.78 is 27.3. The predicted octanol–water partition coefficient (Wildman–Crippen LogP) is 4.05. The molecule has 1 N–H and O–H groups in total. The lowest BCUT2D eigenvalue weighted by Crippen LogP contribution is -2.39. The largest absolute Gasteiger partial charge is 0.377 e. The molecule has 2 aromatic rings. The molecule has 0 bridgehead atoms. The van der Waals surface area contributed by atoms with Crippen LogP contribution in [0.15, 0.2) is 48.5 Å². The summed E-state index contributed by atoms with van der Waals surface area (Å²) in [5, 5.41) is 3.01. The van der Waals surface area contributed by atoms with Gasteiger partial charge in [0.25, 0.3) is 0 Å². The van der Waals surface area contributed by atoms with E-state index in [1.807, 2.05) is 18.2 Å². The zero-order chi connectivity index (χ0) is 14.7. The van der Waals surface area contributed by atoms with Crippen LogP contribution in [0.25, 0.3) is 0 Å². The van der Waals surface area contributed by atoms with Crippen molar-refractivity contribution in [1.82, 2.24) is 0 Å². The van der Waals surface area contributed by atoms with Crippen molar-refractivity contribution in [3.8, 4) is 0 Å². The molecule has 1 fully saturated rings. The molecule has 1 saturated heterocycles. The summed E-state index contributed by atoms with van der Waals surface area (Å²) in [7, 11) is 0. The van der Waals surface area contributed by atoms with E-state index in [2.05, 4.69) is 22.3 Å². The fraction of sp³-hybridized carbons (Fsp3) is 0.294. The van der Waals surface area contributed by atoms with Crippen molar-refractivity contribution in [2.75, 3.05) is 23.3 Å². The van der Waals surface area contributed by atoms with Crippen molar-refractivity contribution < 1.29 is 8.78 Å². The molecular formula is C17H18F2N2. The number of hydrogen-bond acceptors (Lipinski definition) is 2. The van der Waals surface area contributed by atoms with E-state index in [0.717, 1.165) is 25.9 Å². The molecule has 1 heterocycles. The third kappa shape index (κ3) is 3.15. The first-order valence-electron chi connectivity index (χ1n) is 7.24. The third-order valence-electron chi connectivity index (χ3n) is 3.93. The molecule has 1 aliphatic rings. The molecular weight excluding hydrogens is 270 g/mol. The van der Waals surface area contributed by atoms with Gasteiger partial charge in [0.2, 0.25) is 0 Å². The molecule has 0 radical (unpaired) electrons. The minimum atomic E-state index is -0.527. The molecule has 3 rings (SSSR count). The lowest BCUT2D eigenvalue weighted by atomic mass is 10.0. The minimum absolute atomic E-state index is 0.00402. The molecule has 0 unspecified atom stereocenters. The van der Waals surface area contributed by atoms with Gasteiger partial charge in [-0.05, 0) is 37.1 Å². The lowest BCUT2D eigenvalue weighted by molar-refractivity contribution is 0.515. The van der Waals surface area contributed by atoms with Crippen LogP contribution < -0.4 is 10.2 Å². The number of piperidine rings is 1. The summed E-state index contributed by atoms with van der Waals surface area (Å²) in [5.41, 5.74) is 1.20. The number of halogens is 2. The Kier molecular flexibility index (Phi) is 4.04. The van der Waals surface area contributed by atoms with E-state index in [4.69, 9.17) is 0 Å². The highest BCUT2D eigenvalue weighted by atomic mass is 19.1. The highest BCUT2D eigenvalue weighted by Crippen LogP contribution is 2.24. The number of anilines is 2. The third-order valence-corrected chi connectivity index (χ3v) is 3.93. The second-order valence-electron chi connectivity index (χ2n) is 5.34. The van der Waals surface area contributed by atoms with Gasteiger partial charge in [0, 0.05) is 24.8 Å². The Hall–Kier alpha value is -2.10. The fourth-order valence-electron chi connectivity index (χ4n) is 2.76. The molecule has 0 atom stereocenters. The minimum Gasteiger partial charge on any atom is -0.377 e. The standard InChI is InChI=1S/C17H18F2N2/c18-15-7-4-8-16(19)17(15)20-13-9-11-21(12-10-13)14-5-2-1-3-6-14/h1-8,13,20H,9-12H2. The zero-order valence-corrected chi connectivity index (χ0v) is 11.7. The van der Waals surface area contributed by atoms with Crippen molar-refractivity contribution in [2.45, 2.75) is 18.9 Å². The highest BCUT2D eigenvalue weighted by molar-refractivity contribution is 5.49. The van der Waals surface area contributed by atoms with Crippen LogP contribution in [0, 0.1) is 11.6 Å². The molecule has 1 aliphatic heterocycles. The van der Waals surface area contributed by atoms with E-state index >= 15 is 0 Å². The fourth-order valence-corrected chi connectivity index (χ4v) is 2.76. The van der Waals surface area contributed by atoms with Crippen LogP contribution in [0.5, 0.6) is 0 Å². The summed E-state index contributed by atoms with van der Waals surface area (Å²) in [6.45, 7) is 1.77. The Bertz CT molecular complexity index is 573. The molecule has 2 nitrogen and oxygen atoms in total. The van der Waals surface area contributed by atoms with Gasteiger partial charge in [0.15, 0.2) is 0 Å². The first-order chi connectivity index (χ1) is 10.2. The van der Waals surface area contributed by atoms with Gasteiger partial charge in [0.05, 0.1) is 0 Å². The molecule has 21 heavy (non-hydrogen) atoms. The summed E-state index contributed by atoms with van der Waals surface area (Å²) in [5.74, 6) is -1.05. The smallest absolute Gasteiger partial charge is 0.149 e. The summed E-state index contributed by atoms with van der Waals surface area (Å²) in [4.78, 5) is 2.30. The second kappa shape index (κ2) is 6.12. The molecule has 0 aromatic heterocycles. The van der Waals surface area contributed by atoms with Gasteiger partial charge >= 0.3 is 0 Å². The molecule has 0 saturated carbocycles. The Morgan fingerprint density at radius 3 is 2.10 bits per heavy atom. The summed E-state index contributed by atoms with van der Waals surface area (Å²) >= 11 is 0. The molecule has 110 valence electrons. The van der Waals surface area contributed by atoms with Gasteiger partial charge in [-0.3, -0.25) is 0 Å². The van der Waals surface area contributed by atoms with E-state index in [0.29, 0.717) is 0 Å². The van der Waals surface area contributed by atoms with E-state index < -0.39 is 11.6 Å². The first kappa shape index (κ1) is 13.9. The summed E-state index contributed by atoms with van der Waals surface area (Å²) in [6.07, 6.45) is 1.73. The van der Waals surface area contributed by atoms with Crippen LogP contribution >= 0.6 is 0 Å². The average molecular weight is 288 g/mol. The van der Waals surface area contributed by atoms with Crippen molar-refractivity contribution in [1.29, 1.82) is 0 Å². The van der Waals surface area contributed by atoms with Gasteiger partial charge in [-0.2, -0.15) is 0 Å². The Balaban J connectivity index is 1.62. The Morgan fingerprint density at radius 2 is 1.48 bits per heavy atom. The van der Waals surface area contributed by atoms with Crippen LogP contribution in [-0.4, -0.2) is 19.1 Å². The second-order valence-corrected chi connectivity index (χ2v) is 5.34. The number of benzene rings is 2. The predicted molar refractivity (Wildman–Crippen MR) is 81.7 cm³/mol. The van der Waals surface area contributed by atoms with Gasteiger partial charge in [-0.1, -0.05) is 24.3 Å². The summed E-state index contributed by atoms with van der Waals surface area (Å²) in [6, 6.07) is 14.3. The van der Waals surface area contributed by atoms with Crippen LogP contribution in [0.4, 0.5) is 20.2 Å². The maximum atomic E-state index is 13.6. The molecule has 0 spiro atoms. The number of nitrogens with one attached hydrogen (secondary N) is 1. The monoisotopic (exact) mass is 288 g/mol. The van der Waals surface area contributed by atoms with Gasteiger partial charge in [-0.15, -0.1) is 0 Å². The normalized spacial score (nSPS) is 16.0. The molecule has 2 aromatic carbocycles. The Labute approximate surface area is 123 Å². The molecule has 0 aliphatic carbocycles. The van der Waals surface area contributed by atoms with Crippen LogP contribution in [-0.2, 0) is 0 Å². The van der Waals surface area contributed by atoms with Crippen LogP contribution in [0.1, 0.15) is 12.8 Å². The first-order valence-corrected chi connectivity index (χ1v) is 7.24. The van der Waals surface area contributed by atoms with Crippen LogP contribution in [0.3, 0.4) is 0 Å². The van der Waals surface area contributed by atoms with Crippen molar-refractivity contribution in [3.05, 3.63) is 60.2 Å². The number of nitrogens with zero attached hydrogens (tertiary/aromatic N) is 1.